The van der Waals surface area contributed by atoms with E-state index in [-0.39, 0.29) is 24.2 Å². The summed E-state index contributed by atoms with van der Waals surface area (Å²) in [6, 6.07) is 6.16. The van der Waals surface area contributed by atoms with E-state index < -0.39 is 30.1 Å². The Labute approximate surface area is 177 Å². The van der Waals surface area contributed by atoms with Crippen LogP contribution in [0.2, 0.25) is 0 Å². The van der Waals surface area contributed by atoms with Crippen molar-refractivity contribution >= 4 is 39.1 Å². The maximum atomic E-state index is 12.3. The van der Waals surface area contributed by atoms with Crippen molar-refractivity contribution in [3.05, 3.63) is 52.4 Å². The Morgan fingerprint density at radius 1 is 1.23 bits per heavy atom. The van der Waals surface area contributed by atoms with Gasteiger partial charge in [0.25, 0.3) is 11.5 Å². The molecular formula is C19H16F3N3O5S. The standard InChI is InChI=1S/C19H16F3N3O5S/c1-11(16(27)24-12-2-4-13(5-3-12)30-19(20,21)22)29-15(26)6-8-25-10-23-17-14(18(25)28)7-9-31-17/h2-5,7,9-11H,6,8H2,1H3,(H,24,27). The Bertz CT molecular complexity index is 1140. The molecule has 0 bridgehead atoms. The summed E-state index contributed by atoms with van der Waals surface area (Å²) in [5, 5.41) is 4.62. The predicted octanol–water partition coefficient (Wildman–Crippen LogP) is 3.32. The average molecular weight is 455 g/mol. The SMILES string of the molecule is CC(OC(=O)CCn1cnc2sccc2c1=O)C(=O)Nc1ccc(OC(F)(F)F)cc1. The number of aromatic nitrogens is 2. The van der Waals surface area contributed by atoms with Gasteiger partial charge < -0.3 is 14.8 Å². The lowest BCUT2D eigenvalue weighted by atomic mass is 10.3. The molecule has 1 atom stereocenters. The molecule has 0 spiro atoms. The highest BCUT2D eigenvalue weighted by Crippen LogP contribution is 2.24. The first-order chi connectivity index (χ1) is 14.6. The van der Waals surface area contributed by atoms with Crippen LogP contribution < -0.4 is 15.6 Å². The van der Waals surface area contributed by atoms with Gasteiger partial charge in [-0.25, -0.2) is 4.98 Å². The lowest BCUT2D eigenvalue weighted by molar-refractivity contribution is -0.274. The van der Waals surface area contributed by atoms with Crippen molar-refractivity contribution in [3.8, 4) is 5.75 Å². The number of fused-ring (bicyclic) bond motifs is 1. The third-order valence-corrected chi connectivity index (χ3v) is 4.86. The number of aryl methyl sites for hydroxylation is 1. The molecule has 0 saturated carbocycles. The van der Waals surface area contributed by atoms with Crippen molar-refractivity contribution in [1.29, 1.82) is 0 Å². The molecule has 31 heavy (non-hydrogen) atoms. The Morgan fingerprint density at radius 2 is 1.94 bits per heavy atom. The molecule has 1 amide bonds. The minimum Gasteiger partial charge on any atom is -0.452 e. The number of hydrogen-bond acceptors (Lipinski definition) is 7. The largest absolute Gasteiger partial charge is 0.573 e. The number of carbonyl (C=O) groups excluding carboxylic acids is 2. The van der Waals surface area contributed by atoms with Crippen LogP contribution in [0.3, 0.4) is 0 Å². The number of alkyl halides is 3. The van der Waals surface area contributed by atoms with Crippen LogP contribution in [0.1, 0.15) is 13.3 Å². The second kappa shape index (κ2) is 9.16. The summed E-state index contributed by atoms with van der Waals surface area (Å²) in [6.07, 6.45) is -4.79. The van der Waals surface area contributed by atoms with Crippen LogP contribution >= 0.6 is 11.3 Å². The minimum atomic E-state index is -4.82. The zero-order valence-corrected chi connectivity index (χ0v) is 16.8. The Balaban J connectivity index is 1.50. The third-order valence-electron chi connectivity index (χ3n) is 4.04. The molecular weight excluding hydrogens is 439 g/mol. The summed E-state index contributed by atoms with van der Waals surface area (Å²) in [6.45, 7) is 1.38. The number of halogens is 3. The summed E-state index contributed by atoms with van der Waals surface area (Å²) in [4.78, 5) is 41.2. The number of anilines is 1. The van der Waals surface area contributed by atoms with Gasteiger partial charge in [0, 0.05) is 12.2 Å². The Hall–Kier alpha value is -3.41. The van der Waals surface area contributed by atoms with E-state index in [1.54, 1.807) is 11.4 Å². The second-order valence-electron chi connectivity index (χ2n) is 6.33. The summed E-state index contributed by atoms with van der Waals surface area (Å²) in [7, 11) is 0. The highest BCUT2D eigenvalue weighted by atomic mass is 32.1. The molecule has 2 aromatic heterocycles. The number of nitrogens with one attached hydrogen (secondary N) is 1. The maximum absolute atomic E-state index is 12.3. The summed E-state index contributed by atoms with van der Waals surface area (Å²) in [5.74, 6) is -1.80. The van der Waals surface area contributed by atoms with Crippen LogP contribution in [0, 0.1) is 0 Å². The van der Waals surface area contributed by atoms with Crippen molar-refractivity contribution in [1.82, 2.24) is 9.55 Å². The van der Waals surface area contributed by atoms with Crippen molar-refractivity contribution in [2.45, 2.75) is 32.4 Å². The summed E-state index contributed by atoms with van der Waals surface area (Å²) in [5.41, 5.74) is -0.0769. The first kappa shape index (κ1) is 22.3. The highest BCUT2D eigenvalue weighted by Gasteiger charge is 2.31. The second-order valence-corrected chi connectivity index (χ2v) is 7.22. The number of thiophene rings is 1. The van der Waals surface area contributed by atoms with Crippen LogP contribution in [-0.2, 0) is 20.9 Å². The lowest BCUT2D eigenvalue weighted by Gasteiger charge is -2.14. The molecule has 0 aliphatic rings. The third kappa shape index (κ3) is 6.04. The van der Waals surface area contributed by atoms with E-state index in [1.807, 2.05) is 0 Å². The van der Waals surface area contributed by atoms with Crippen molar-refractivity contribution in [2.75, 3.05) is 5.32 Å². The van der Waals surface area contributed by atoms with Crippen LogP contribution in [0.25, 0.3) is 10.2 Å². The van der Waals surface area contributed by atoms with E-state index in [4.69, 9.17) is 4.74 Å². The van der Waals surface area contributed by atoms with Gasteiger partial charge in [0.1, 0.15) is 10.6 Å². The number of benzene rings is 1. The molecule has 12 heteroatoms. The molecule has 8 nitrogen and oxygen atoms in total. The number of amides is 1. The molecule has 0 fully saturated rings. The molecule has 0 aliphatic heterocycles. The van der Waals surface area contributed by atoms with Crippen molar-refractivity contribution in [3.63, 3.8) is 0 Å². The van der Waals surface area contributed by atoms with Gasteiger partial charge >= 0.3 is 12.3 Å². The topological polar surface area (TPSA) is 99.5 Å². The van der Waals surface area contributed by atoms with Gasteiger partial charge in [-0.3, -0.25) is 19.0 Å². The summed E-state index contributed by atoms with van der Waals surface area (Å²) < 4.78 is 46.6. The van der Waals surface area contributed by atoms with Gasteiger partial charge in [0.2, 0.25) is 0 Å². The number of hydrogen-bond donors (Lipinski definition) is 1. The predicted molar refractivity (Wildman–Crippen MR) is 106 cm³/mol. The van der Waals surface area contributed by atoms with Gasteiger partial charge in [-0.1, -0.05) is 0 Å². The fourth-order valence-electron chi connectivity index (χ4n) is 2.56. The molecule has 3 rings (SSSR count). The van der Waals surface area contributed by atoms with E-state index in [0.29, 0.717) is 10.2 Å². The molecule has 1 unspecified atom stereocenters. The number of nitrogens with zero attached hydrogens (tertiary/aromatic N) is 2. The zero-order chi connectivity index (χ0) is 22.6. The van der Waals surface area contributed by atoms with Crippen LogP contribution in [0.5, 0.6) is 5.75 Å². The molecule has 2 heterocycles. The molecule has 0 radical (unpaired) electrons. The number of carbonyl (C=O) groups is 2. The normalized spacial score (nSPS) is 12.4. The van der Waals surface area contributed by atoms with Crippen LogP contribution in [-0.4, -0.2) is 33.9 Å². The minimum absolute atomic E-state index is 0.0332. The fraction of sp³-hybridized carbons (Fsp3) is 0.263. The quantitative estimate of drug-likeness (QED) is 0.549. The Morgan fingerprint density at radius 3 is 2.61 bits per heavy atom. The van der Waals surface area contributed by atoms with Gasteiger partial charge in [0.15, 0.2) is 6.10 Å². The van der Waals surface area contributed by atoms with Gasteiger partial charge in [-0.05, 0) is 42.6 Å². The Kier molecular flexibility index (Phi) is 6.59. The van der Waals surface area contributed by atoms with Gasteiger partial charge in [0.05, 0.1) is 18.1 Å². The van der Waals surface area contributed by atoms with Gasteiger partial charge in [-0.15, -0.1) is 24.5 Å². The van der Waals surface area contributed by atoms with Crippen molar-refractivity contribution < 1.29 is 32.2 Å². The van der Waals surface area contributed by atoms with Crippen molar-refractivity contribution in [2.24, 2.45) is 0 Å². The van der Waals surface area contributed by atoms with E-state index >= 15 is 0 Å². The van der Waals surface area contributed by atoms with E-state index in [9.17, 15) is 27.6 Å². The van der Waals surface area contributed by atoms with E-state index in [0.717, 1.165) is 12.1 Å². The van der Waals surface area contributed by atoms with Gasteiger partial charge in [-0.2, -0.15) is 0 Å². The van der Waals surface area contributed by atoms with E-state index in [1.165, 1.54) is 41.3 Å². The number of rotatable bonds is 7. The lowest BCUT2D eigenvalue weighted by Crippen LogP contribution is -2.30. The molecule has 164 valence electrons. The molecule has 3 aromatic rings. The number of ether oxygens (including phenoxy) is 2. The monoisotopic (exact) mass is 455 g/mol. The fourth-order valence-corrected chi connectivity index (χ4v) is 3.28. The van der Waals surface area contributed by atoms with Crippen LogP contribution in [0.4, 0.5) is 18.9 Å². The smallest absolute Gasteiger partial charge is 0.452 e. The highest BCUT2D eigenvalue weighted by molar-refractivity contribution is 7.16. The molecule has 1 N–H and O–H groups in total. The molecule has 0 saturated heterocycles. The summed E-state index contributed by atoms with van der Waals surface area (Å²) >= 11 is 1.33. The van der Waals surface area contributed by atoms with Crippen LogP contribution in [0.15, 0.2) is 46.8 Å². The van der Waals surface area contributed by atoms with E-state index in [2.05, 4.69) is 15.0 Å². The first-order valence-corrected chi connectivity index (χ1v) is 9.79. The maximum Gasteiger partial charge on any atom is 0.573 e. The molecule has 1 aromatic carbocycles. The molecule has 0 aliphatic carbocycles. The number of esters is 1. The zero-order valence-electron chi connectivity index (χ0n) is 16.0. The first-order valence-electron chi connectivity index (χ1n) is 8.91. The average Bonchev–Trinajstić information content (AvgIpc) is 3.17.